The van der Waals surface area contributed by atoms with Crippen molar-refractivity contribution in [2.45, 2.75) is 12.5 Å². The Morgan fingerprint density at radius 2 is 2.15 bits per heavy atom. The van der Waals surface area contributed by atoms with Crippen molar-refractivity contribution in [3.63, 3.8) is 0 Å². The van der Waals surface area contributed by atoms with Crippen molar-refractivity contribution in [1.29, 1.82) is 0 Å². The number of benzene rings is 1. The van der Waals surface area contributed by atoms with Crippen LogP contribution in [0.5, 0.6) is 0 Å². The predicted octanol–water partition coefficient (Wildman–Crippen LogP) is 2.96. The quantitative estimate of drug-likeness (QED) is 0.782. The smallest absolute Gasteiger partial charge is 0.0701 e. The van der Waals surface area contributed by atoms with Crippen LogP contribution in [-0.4, -0.2) is 6.61 Å². The van der Waals surface area contributed by atoms with Gasteiger partial charge < -0.3 is 4.84 Å². The number of nitrogens with one attached hydrogen (secondary N) is 1. The van der Waals surface area contributed by atoms with Gasteiger partial charge in [-0.05, 0) is 24.1 Å². The van der Waals surface area contributed by atoms with E-state index in [2.05, 4.69) is 5.48 Å². The van der Waals surface area contributed by atoms with Gasteiger partial charge >= 0.3 is 0 Å². The Balaban J connectivity index is 2.25. The third-order valence-electron chi connectivity index (χ3n) is 2.08. The van der Waals surface area contributed by atoms with Crippen molar-refractivity contribution < 1.29 is 4.84 Å². The van der Waals surface area contributed by atoms with Crippen LogP contribution in [0.2, 0.25) is 10.0 Å². The summed E-state index contributed by atoms with van der Waals surface area (Å²) in [7, 11) is 0. The van der Waals surface area contributed by atoms with Gasteiger partial charge in [-0.25, -0.2) is 0 Å². The fraction of sp³-hybridized carbons (Fsp3) is 0.333. The highest BCUT2D eigenvalue weighted by molar-refractivity contribution is 6.42. The maximum Gasteiger partial charge on any atom is 0.0701 e. The lowest BCUT2D eigenvalue weighted by molar-refractivity contribution is 0.0883. The molecule has 1 saturated heterocycles. The van der Waals surface area contributed by atoms with E-state index in [4.69, 9.17) is 28.0 Å². The van der Waals surface area contributed by atoms with Gasteiger partial charge in [0, 0.05) is 0 Å². The molecular formula is C9H9Cl2NO. The molecule has 0 amide bonds. The van der Waals surface area contributed by atoms with Gasteiger partial charge in [-0.2, -0.15) is 5.48 Å². The Bertz CT molecular complexity index is 310. The second kappa shape index (κ2) is 3.84. The lowest BCUT2D eigenvalue weighted by Gasteiger charge is -2.09. The van der Waals surface area contributed by atoms with Crippen molar-refractivity contribution in [3.05, 3.63) is 33.8 Å². The van der Waals surface area contributed by atoms with Gasteiger partial charge in [-0.1, -0.05) is 29.3 Å². The topological polar surface area (TPSA) is 21.3 Å². The Hall–Kier alpha value is -0.280. The highest BCUT2D eigenvalue weighted by atomic mass is 35.5. The number of hydroxylamine groups is 1. The number of rotatable bonds is 1. The minimum absolute atomic E-state index is 0.245. The van der Waals surface area contributed by atoms with E-state index >= 15 is 0 Å². The monoisotopic (exact) mass is 217 g/mol. The summed E-state index contributed by atoms with van der Waals surface area (Å²) in [6.07, 6.45) is 0.970. The predicted molar refractivity (Wildman–Crippen MR) is 52.9 cm³/mol. The molecule has 1 unspecified atom stereocenters. The van der Waals surface area contributed by atoms with Crippen LogP contribution in [0, 0.1) is 0 Å². The molecule has 1 atom stereocenters. The molecule has 1 fully saturated rings. The molecule has 0 saturated carbocycles. The van der Waals surface area contributed by atoms with Crippen LogP contribution in [-0.2, 0) is 4.84 Å². The molecular weight excluding hydrogens is 209 g/mol. The average molecular weight is 218 g/mol. The summed E-state index contributed by atoms with van der Waals surface area (Å²) >= 11 is 11.7. The SMILES string of the molecule is Clc1ccc(C2CCON2)cc1Cl. The molecule has 0 aromatic heterocycles. The molecule has 1 aliphatic rings. The molecule has 70 valence electrons. The molecule has 0 bridgehead atoms. The zero-order valence-corrected chi connectivity index (χ0v) is 8.40. The van der Waals surface area contributed by atoms with Gasteiger partial charge in [0.2, 0.25) is 0 Å². The third-order valence-corrected chi connectivity index (χ3v) is 2.82. The summed E-state index contributed by atoms with van der Waals surface area (Å²) in [5, 5.41) is 1.18. The van der Waals surface area contributed by atoms with Gasteiger partial charge in [0.05, 0.1) is 22.7 Å². The Kier molecular flexibility index (Phi) is 2.74. The van der Waals surface area contributed by atoms with Crippen LogP contribution >= 0.6 is 23.2 Å². The van der Waals surface area contributed by atoms with E-state index in [0.717, 1.165) is 18.6 Å². The molecule has 2 rings (SSSR count). The van der Waals surface area contributed by atoms with E-state index in [1.165, 1.54) is 0 Å². The van der Waals surface area contributed by atoms with E-state index in [1.54, 1.807) is 6.07 Å². The molecule has 1 heterocycles. The Morgan fingerprint density at radius 1 is 1.31 bits per heavy atom. The first-order chi connectivity index (χ1) is 6.27. The molecule has 1 aromatic carbocycles. The van der Waals surface area contributed by atoms with Gasteiger partial charge in [0.25, 0.3) is 0 Å². The third kappa shape index (κ3) is 1.97. The van der Waals surface area contributed by atoms with Crippen molar-refractivity contribution in [2.24, 2.45) is 0 Å². The fourth-order valence-electron chi connectivity index (χ4n) is 1.36. The summed E-state index contributed by atoms with van der Waals surface area (Å²) in [4.78, 5) is 5.06. The van der Waals surface area contributed by atoms with Crippen LogP contribution in [0.3, 0.4) is 0 Å². The van der Waals surface area contributed by atoms with E-state index < -0.39 is 0 Å². The summed E-state index contributed by atoms with van der Waals surface area (Å²) < 4.78 is 0. The highest BCUT2D eigenvalue weighted by Gasteiger charge is 2.17. The summed E-state index contributed by atoms with van der Waals surface area (Å²) in [6.45, 7) is 0.741. The maximum absolute atomic E-state index is 5.89. The first-order valence-corrected chi connectivity index (χ1v) is 4.85. The van der Waals surface area contributed by atoms with Gasteiger partial charge in [-0.15, -0.1) is 0 Å². The second-order valence-corrected chi connectivity index (χ2v) is 3.80. The lowest BCUT2D eigenvalue weighted by Crippen LogP contribution is -2.11. The molecule has 4 heteroatoms. The Morgan fingerprint density at radius 3 is 2.77 bits per heavy atom. The second-order valence-electron chi connectivity index (χ2n) is 2.98. The van der Waals surface area contributed by atoms with Gasteiger partial charge in [-0.3, -0.25) is 0 Å². The van der Waals surface area contributed by atoms with Crippen molar-refractivity contribution in [2.75, 3.05) is 6.61 Å². The fourth-order valence-corrected chi connectivity index (χ4v) is 1.67. The van der Waals surface area contributed by atoms with Crippen molar-refractivity contribution >= 4 is 23.2 Å². The minimum Gasteiger partial charge on any atom is -0.301 e. The molecule has 2 nitrogen and oxygen atoms in total. The first kappa shape index (κ1) is 9.28. The number of hydrogen-bond acceptors (Lipinski definition) is 2. The van der Waals surface area contributed by atoms with E-state index in [9.17, 15) is 0 Å². The zero-order chi connectivity index (χ0) is 9.26. The molecule has 1 N–H and O–H groups in total. The van der Waals surface area contributed by atoms with Crippen molar-refractivity contribution in [1.82, 2.24) is 5.48 Å². The van der Waals surface area contributed by atoms with E-state index in [0.29, 0.717) is 10.0 Å². The largest absolute Gasteiger partial charge is 0.301 e. The van der Waals surface area contributed by atoms with Crippen LogP contribution in [0.25, 0.3) is 0 Å². The van der Waals surface area contributed by atoms with Gasteiger partial charge in [0.1, 0.15) is 0 Å². The van der Waals surface area contributed by atoms with Crippen molar-refractivity contribution in [3.8, 4) is 0 Å². The maximum atomic E-state index is 5.89. The lowest BCUT2D eigenvalue weighted by atomic mass is 10.1. The molecule has 13 heavy (non-hydrogen) atoms. The molecule has 0 spiro atoms. The average Bonchev–Trinajstić information content (AvgIpc) is 2.62. The van der Waals surface area contributed by atoms with Crippen LogP contribution in [0.15, 0.2) is 18.2 Å². The number of hydrogen-bond donors (Lipinski definition) is 1. The molecule has 0 radical (unpaired) electrons. The summed E-state index contributed by atoms with van der Waals surface area (Å²) in [5.41, 5.74) is 4.04. The standard InChI is InChI=1S/C9H9Cl2NO/c10-7-2-1-6(5-8(7)11)9-3-4-13-12-9/h1-2,5,9,12H,3-4H2. The van der Waals surface area contributed by atoms with Gasteiger partial charge in [0.15, 0.2) is 0 Å². The first-order valence-electron chi connectivity index (χ1n) is 4.09. The highest BCUT2D eigenvalue weighted by Crippen LogP contribution is 2.28. The van der Waals surface area contributed by atoms with Crippen LogP contribution in [0.4, 0.5) is 0 Å². The molecule has 0 aliphatic carbocycles. The molecule has 1 aliphatic heterocycles. The normalized spacial score (nSPS) is 22.2. The molecule has 1 aromatic rings. The zero-order valence-electron chi connectivity index (χ0n) is 6.89. The Labute approximate surface area is 86.7 Å². The summed E-state index contributed by atoms with van der Waals surface area (Å²) in [5.74, 6) is 0. The van der Waals surface area contributed by atoms with E-state index in [-0.39, 0.29) is 6.04 Å². The van der Waals surface area contributed by atoms with Crippen LogP contribution in [0.1, 0.15) is 18.0 Å². The van der Waals surface area contributed by atoms with Crippen LogP contribution < -0.4 is 5.48 Å². The number of halogens is 2. The minimum atomic E-state index is 0.245. The van der Waals surface area contributed by atoms with E-state index in [1.807, 2.05) is 12.1 Å². The summed E-state index contributed by atoms with van der Waals surface area (Å²) in [6, 6.07) is 5.88.